The minimum Gasteiger partial charge on any atom is -0.481 e. The zero-order valence-corrected chi connectivity index (χ0v) is 12.5. The van der Waals surface area contributed by atoms with E-state index >= 15 is 0 Å². The Hall–Kier alpha value is -2.34. The van der Waals surface area contributed by atoms with Crippen molar-refractivity contribution in [3.8, 4) is 5.75 Å². The van der Waals surface area contributed by atoms with Gasteiger partial charge in [-0.15, -0.1) is 11.3 Å². The SMILES string of the molecule is Cc1cc(C(=NO)c2cccs2)cc(C)c1OCC(=O)O. The Morgan fingerprint density at radius 3 is 2.48 bits per heavy atom. The predicted molar refractivity (Wildman–Crippen MR) is 80.8 cm³/mol. The number of carbonyl (C=O) groups is 1. The average molecular weight is 305 g/mol. The first kappa shape index (κ1) is 15.1. The normalized spacial score (nSPS) is 11.4. The Bertz CT molecular complexity index is 654. The summed E-state index contributed by atoms with van der Waals surface area (Å²) in [6, 6.07) is 7.40. The fourth-order valence-corrected chi connectivity index (χ4v) is 2.84. The molecule has 2 rings (SSSR count). The lowest BCUT2D eigenvalue weighted by atomic mass is 10.0. The molecule has 0 amide bonds. The third-order valence-corrected chi connectivity index (χ3v) is 3.80. The summed E-state index contributed by atoms with van der Waals surface area (Å²) < 4.78 is 5.29. The molecule has 1 aromatic heterocycles. The number of hydrogen-bond donors (Lipinski definition) is 2. The minimum atomic E-state index is -1.02. The van der Waals surface area contributed by atoms with Crippen molar-refractivity contribution in [2.24, 2.45) is 5.16 Å². The molecule has 0 saturated heterocycles. The zero-order valence-electron chi connectivity index (χ0n) is 11.7. The molecule has 6 heteroatoms. The number of rotatable bonds is 5. The van der Waals surface area contributed by atoms with Gasteiger partial charge in [-0.05, 0) is 48.6 Å². The van der Waals surface area contributed by atoms with E-state index in [2.05, 4.69) is 5.16 Å². The van der Waals surface area contributed by atoms with Crippen LogP contribution in [0.4, 0.5) is 0 Å². The number of ether oxygens (including phenoxy) is 1. The predicted octanol–water partition coefficient (Wildman–Crippen LogP) is 3.05. The molecule has 0 aliphatic carbocycles. The van der Waals surface area contributed by atoms with Gasteiger partial charge >= 0.3 is 5.97 Å². The van der Waals surface area contributed by atoms with E-state index in [1.807, 2.05) is 43.5 Å². The Morgan fingerprint density at radius 2 is 2.00 bits per heavy atom. The summed E-state index contributed by atoms with van der Waals surface area (Å²) in [5.41, 5.74) is 2.84. The maximum atomic E-state index is 10.6. The smallest absolute Gasteiger partial charge is 0.341 e. The van der Waals surface area contributed by atoms with Crippen molar-refractivity contribution in [1.29, 1.82) is 0 Å². The molecule has 2 N–H and O–H groups in total. The molecule has 1 heterocycles. The van der Waals surface area contributed by atoms with Crippen LogP contribution in [0.5, 0.6) is 5.75 Å². The summed E-state index contributed by atoms with van der Waals surface area (Å²) >= 11 is 1.48. The number of nitrogens with zero attached hydrogens (tertiary/aromatic N) is 1. The van der Waals surface area contributed by atoms with Crippen LogP contribution in [0.1, 0.15) is 21.6 Å². The van der Waals surface area contributed by atoms with Gasteiger partial charge in [-0.2, -0.15) is 0 Å². The Morgan fingerprint density at radius 1 is 1.33 bits per heavy atom. The van der Waals surface area contributed by atoms with E-state index in [1.165, 1.54) is 11.3 Å². The summed E-state index contributed by atoms with van der Waals surface area (Å²) in [5, 5.41) is 23.2. The standard InChI is InChI=1S/C15H15NO4S/c1-9-6-11(14(16-19)12-4-3-5-21-12)7-10(2)15(9)20-8-13(17)18/h3-7,19H,8H2,1-2H3,(H,17,18). The first-order valence-corrected chi connectivity index (χ1v) is 7.13. The average Bonchev–Trinajstić information content (AvgIpc) is 2.92. The second-order valence-corrected chi connectivity index (χ2v) is 5.50. The van der Waals surface area contributed by atoms with E-state index < -0.39 is 5.97 Å². The van der Waals surface area contributed by atoms with Gasteiger partial charge in [0.1, 0.15) is 11.5 Å². The quantitative estimate of drug-likeness (QED) is 0.505. The monoisotopic (exact) mass is 305 g/mol. The molecule has 21 heavy (non-hydrogen) atoms. The third kappa shape index (κ3) is 3.41. The number of hydrogen-bond acceptors (Lipinski definition) is 5. The molecule has 0 atom stereocenters. The van der Waals surface area contributed by atoms with E-state index in [4.69, 9.17) is 9.84 Å². The summed E-state index contributed by atoms with van der Waals surface area (Å²) in [6.45, 7) is 3.28. The number of aliphatic carboxylic acids is 1. The van der Waals surface area contributed by atoms with Crippen LogP contribution in [0.3, 0.4) is 0 Å². The molecule has 0 fully saturated rings. The highest BCUT2D eigenvalue weighted by Gasteiger charge is 2.14. The van der Waals surface area contributed by atoms with Gasteiger partial charge in [0.15, 0.2) is 6.61 Å². The molecular weight excluding hydrogens is 290 g/mol. The number of oxime groups is 1. The zero-order chi connectivity index (χ0) is 15.4. The molecule has 0 aliphatic heterocycles. The summed E-state index contributed by atoms with van der Waals surface area (Å²) in [6.07, 6.45) is 0. The van der Waals surface area contributed by atoms with Crippen LogP contribution in [0, 0.1) is 13.8 Å². The van der Waals surface area contributed by atoms with Gasteiger partial charge in [0.25, 0.3) is 0 Å². The van der Waals surface area contributed by atoms with Crippen molar-refractivity contribution in [3.05, 3.63) is 51.2 Å². The van der Waals surface area contributed by atoms with Gasteiger partial charge in [0, 0.05) is 5.56 Å². The second kappa shape index (κ2) is 6.41. The van der Waals surface area contributed by atoms with Gasteiger partial charge in [-0.1, -0.05) is 11.2 Å². The fourth-order valence-electron chi connectivity index (χ4n) is 2.11. The molecule has 0 aliphatic rings. The highest BCUT2D eigenvalue weighted by molar-refractivity contribution is 7.12. The second-order valence-electron chi connectivity index (χ2n) is 4.55. The van der Waals surface area contributed by atoms with Crippen LogP contribution in [0.2, 0.25) is 0 Å². The maximum Gasteiger partial charge on any atom is 0.341 e. The van der Waals surface area contributed by atoms with Crippen LogP contribution in [0.25, 0.3) is 0 Å². The number of carboxylic acid groups (broad SMARTS) is 1. The molecule has 0 radical (unpaired) electrons. The fraction of sp³-hybridized carbons (Fsp3) is 0.200. The molecule has 0 saturated carbocycles. The number of thiophene rings is 1. The lowest BCUT2D eigenvalue weighted by Crippen LogP contribution is -2.11. The van der Waals surface area contributed by atoms with Crippen LogP contribution in [-0.2, 0) is 4.79 Å². The summed E-state index contributed by atoms with van der Waals surface area (Å²) in [5.74, 6) is -0.473. The van der Waals surface area contributed by atoms with Crippen LogP contribution in [0.15, 0.2) is 34.8 Å². The van der Waals surface area contributed by atoms with Crippen LogP contribution >= 0.6 is 11.3 Å². The molecule has 2 aromatic rings. The third-order valence-electron chi connectivity index (χ3n) is 2.93. The van der Waals surface area contributed by atoms with Gasteiger partial charge in [-0.3, -0.25) is 0 Å². The van der Waals surface area contributed by atoms with Gasteiger partial charge < -0.3 is 15.1 Å². The van der Waals surface area contributed by atoms with Gasteiger partial charge in [0.05, 0.1) is 4.88 Å². The van der Waals surface area contributed by atoms with Gasteiger partial charge in [-0.25, -0.2) is 4.79 Å². The molecule has 0 unspecified atom stereocenters. The highest BCUT2D eigenvalue weighted by atomic mass is 32.1. The van der Waals surface area contributed by atoms with E-state index in [0.717, 1.165) is 21.6 Å². The van der Waals surface area contributed by atoms with Crippen molar-refractivity contribution in [2.45, 2.75) is 13.8 Å². The van der Waals surface area contributed by atoms with Gasteiger partial charge in [0.2, 0.25) is 0 Å². The largest absolute Gasteiger partial charge is 0.481 e. The number of carboxylic acids is 1. The van der Waals surface area contributed by atoms with E-state index in [-0.39, 0.29) is 6.61 Å². The highest BCUT2D eigenvalue weighted by Crippen LogP contribution is 2.27. The van der Waals surface area contributed by atoms with Crippen LogP contribution < -0.4 is 4.74 Å². The number of aryl methyl sites for hydroxylation is 2. The van der Waals surface area contributed by atoms with Crippen molar-refractivity contribution in [2.75, 3.05) is 6.61 Å². The van der Waals surface area contributed by atoms with E-state index in [1.54, 1.807) is 0 Å². The van der Waals surface area contributed by atoms with Crippen molar-refractivity contribution in [3.63, 3.8) is 0 Å². The van der Waals surface area contributed by atoms with Crippen molar-refractivity contribution in [1.82, 2.24) is 0 Å². The molecule has 0 bridgehead atoms. The van der Waals surface area contributed by atoms with E-state index in [9.17, 15) is 10.0 Å². The summed E-state index contributed by atoms with van der Waals surface area (Å²) in [7, 11) is 0. The molecular formula is C15H15NO4S. The Kier molecular flexibility index (Phi) is 4.59. The minimum absolute atomic E-state index is 0.382. The topological polar surface area (TPSA) is 79.1 Å². The first-order chi connectivity index (χ1) is 10.0. The summed E-state index contributed by atoms with van der Waals surface area (Å²) in [4.78, 5) is 11.5. The maximum absolute atomic E-state index is 10.6. The van der Waals surface area contributed by atoms with Crippen molar-refractivity contribution < 1.29 is 19.8 Å². The molecule has 5 nitrogen and oxygen atoms in total. The molecule has 0 spiro atoms. The van der Waals surface area contributed by atoms with Crippen molar-refractivity contribution >= 4 is 23.0 Å². The Balaban J connectivity index is 2.37. The lowest BCUT2D eigenvalue weighted by Gasteiger charge is -2.13. The molecule has 1 aromatic carbocycles. The molecule has 110 valence electrons. The lowest BCUT2D eigenvalue weighted by molar-refractivity contribution is -0.139. The first-order valence-electron chi connectivity index (χ1n) is 6.25. The number of benzene rings is 1. The van der Waals surface area contributed by atoms with Crippen LogP contribution in [-0.4, -0.2) is 28.6 Å². The Labute approximate surface area is 126 Å². The van der Waals surface area contributed by atoms with E-state index in [0.29, 0.717) is 11.5 Å².